The average molecular weight is 435 g/mol. The van der Waals surface area contributed by atoms with Crippen molar-refractivity contribution < 1.29 is 13.2 Å². The van der Waals surface area contributed by atoms with Crippen molar-refractivity contribution in [1.82, 2.24) is 4.90 Å². The highest BCUT2D eigenvalue weighted by Gasteiger charge is 2.35. The van der Waals surface area contributed by atoms with Crippen LogP contribution >= 0.6 is 12.4 Å². The van der Waals surface area contributed by atoms with Crippen LogP contribution in [-0.4, -0.2) is 44.7 Å². The molecule has 29 heavy (non-hydrogen) atoms. The highest BCUT2D eigenvalue weighted by Crippen LogP contribution is 2.30. The van der Waals surface area contributed by atoms with Crippen molar-refractivity contribution in [2.24, 2.45) is 15.5 Å². The summed E-state index contributed by atoms with van der Waals surface area (Å²) in [5.41, 5.74) is 7.60. The van der Waals surface area contributed by atoms with Gasteiger partial charge in [-0.3, -0.25) is 4.79 Å². The smallest absolute Gasteiger partial charge is 0.285 e. The van der Waals surface area contributed by atoms with Crippen LogP contribution in [0.25, 0.3) is 0 Å². The molecular weight excluding hydrogens is 412 g/mol. The van der Waals surface area contributed by atoms with E-state index < -0.39 is 10.0 Å². The van der Waals surface area contributed by atoms with Crippen LogP contribution in [0.1, 0.15) is 29.3 Å². The number of amides is 1. The lowest BCUT2D eigenvalue weighted by Crippen LogP contribution is -2.34. The zero-order chi connectivity index (χ0) is 19.9. The molecule has 1 amide bonds. The normalized spacial score (nSPS) is 21.9. The van der Waals surface area contributed by atoms with E-state index in [0.29, 0.717) is 36.4 Å². The fraction of sp³-hybridized carbons (Fsp3) is 0.300. The van der Waals surface area contributed by atoms with Crippen LogP contribution < -0.4 is 11.1 Å². The van der Waals surface area contributed by atoms with E-state index in [1.807, 2.05) is 4.90 Å². The van der Waals surface area contributed by atoms with Crippen molar-refractivity contribution >= 4 is 39.9 Å². The van der Waals surface area contributed by atoms with Gasteiger partial charge in [0.15, 0.2) is 5.84 Å². The van der Waals surface area contributed by atoms with Crippen LogP contribution in [0.4, 0.5) is 5.69 Å². The topological polar surface area (TPSA) is 105 Å². The fourth-order valence-electron chi connectivity index (χ4n) is 3.58. The second-order valence-electron chi connectivity index (χ2n) is 7.60. The Bertz CT molecular complexity index is 1070. The molecular formula is C20H23ClN4O3S. The number of fused-ring (bicyclic) bond motifs is 1. The fourth-order valence-corrected chi connectivity index (χ4v) is 4.75. The van der Waals surface area contributed by atoms with Gasteiger partial charge in [0.2, 0.25) is 0 Å². The van der Waals surface area contributed by atoms with Gasteiger partial charge in [-0.2, -0.15) is 8.42 Å². The maximum Gasteiger partial charge on any atom is 0.285 e. The summed E-state index contributed by atoms with van der Waals surface area (Å²) in [5, 5.41) is 3.04. The third-order valence-electron chi connectivity index (χ3n) is 5.36. The van der Waals surface area contributed by atoms with Crippen LogP contribution in [-0.2, 0) is 10.0 Å². The molecule has 0 bridgehead atoms. The van der Waals surface area contributed by atoms with Gasteiger partial charge in [-0.15, -0.1) is 16.8 Å². The molecule has 7 nitrogen and oxygen atoms in total. The van der Waals surface area contributed by atoms with E-state index in [1.165, 1.54) is 6.07 Å². The third kappa shape index (κ3) is 4.01. The standard InChI is InChI=1S/C20H22N4O3S.ClH/c1-20(12-21)10-11-24(13-20)19(25)14-6-8-15(9-7-14)22-18-16-4-2-3-5-17(16)28(26,27)23-18;/h2-9H,10-13,21H2,1H3,(H,22,23);1H. The lowest BCUT2D eigenvalue weighted by atomic mass is 9.90. The van der Waals surface area contributed by atoms with Gasteiger partial charge in [0.05, 0.1) is 0 Å². The van der Waals surface area contributed by atoms with Crippen LogP contribution in [0.5, 0.6) is 0 Å². The molecule has 154 valence electrons. The molecule has 2 aromatic rings. The third-order valence-corrected chi connectivity index (χ3v) is 6.70. The Morgan fingerprint density at radius 3 is 2.55 bits per heavy atom. The second-order valence-corrected chi connectivity index (χ2v) is 9.18. The molecule has 2 aliphatic heterocycles. The number of carbonyl (C=O) groups excluding carboxylic acids is 1. The van der Waals surface area contributed by atoms with Crippen LogP contribution in [0.2, 0.25) is 0 Å². The largest absolute Gasteiger partial charge is 0.339 e. The first kappa shape index (κ1) is 21.3. The predicted molar refractivity (Wildman–Crippen MR) is 115 cm³/mol. The number of hydrogen-bond donors (Lipinski definition) is 2. The van der Waals surface area contributed by atoms with Crippen molar-refractivity contribution in [3.05, 3.63) is 59.7 Å². The van der Waals surface area contributed by atoms with Crippen LogP contribution in [0.15, 0.2) is 57.8 Å². The Kier molecular flexibility index (Phi) is 5.71. The highest BCUT2D eigenvalue weighted by molar-refractivity contribution is 7.90. The number of nitrogens with two attached hydrogens (primary N) is 1. The SMILES string of the molecule is CC1(CN)CCN(C(=O)c2ccc(NC3=NS(=O)(=O)c4ccccc43)cc2)C1.Cl. The van der Waals surface area contributed by atoms with Gasteiger partial charge in [-0.25, -0.2) is 0 Å². The Morgan fingerprint density at radius 1 is 1.21 bits per heavy atom. The minimum Gasteiger partial charge on any atom is -0.339 e. The molecule has 3 N–H and O–H groups in total. The minimum absolute atomic E-state index is 0. The van der Waals surface area contributed by atoms with Crippen molar-refractivity contribution in [1.29, 1.82) is 0 Å². The second kappa shape index (κ2) is 7.78. The van der Waals surface area contributed by atoms with Crippen molar-refractivity contribution in [3.63, 3.8) is 0 Å². The van der Waals surface area contributed by atoms with Crippen LogP contribution in [0.3, 0.4) is 0 Å². The van der Waals surface area contributed by atoms with Gasteiger partial charge in [0.1, 0.15) is 4.90 Å². The molecule has 1 atom stereocenters. The number of rotatable bonds is 3. The van der Waals surface area contributed by atoms with E-state index in [0.717, 1.165) is 6.42 Å². The van der Waals surface area contributed by atoms with E-state index in [-0.39, 0.29) is 34.5 Å². The summed E-state index contributed by atoms with van der Waals surface area (Å²) in [4.78, 5) is 14.7. The Balaban J connectivity index is 0.00000240. The van der Waals surface area contributed by atoms with E-state index in [9.17, 15) is 13.2 Å². The number of sulfonamides is 1. The molecule has 4 rings (SSSR count). The Hall–Kier alpha value is -2.42. The maximum absolute atomic E-state index is 12.7. The van der Waals surface area contributed by atoms with E-state index in [2.05, 4.69) is 16.6 Å². The van der Waals surface area contributed by atoms with E-state index in [4.69, 9.17) is 5.73 Å². The predicted octanol–water partition coefficient (Wildman–Crippen LogP) is 2.48. The quantitative estimate of drug-likeness (QED) is 0.772. The average Bonchev–Trinajstić information content (AvgIpc) is 3.21. The summed E-state index contributed by atoms with van der Waals surface area (Å²) in [7, 11) is -3.67. The molecule has 9 heteroatoms. The molecule has 2 aliphatic rings. The van der Waals surface area contributed by atoms with Gasteiger partial charge < -0.3 is 16.0 Å². The lowest BCUT2D eigenvalue weighted by Gasteiger charge is -2.22. The van der Waals surface area contributed by atoms with Crippen LogP contribution in [0, 0.1) is 5.41 Å². The van der Waals surface area contributed by atoms with Crippen molar-refractivity contribution in [2.45, 2.75) is 18.2 Å². The molecule has 1 saturated heterocycles. The van der Waals surface area contributed by atoms with Gasteiger partial charge >= 0.3 is 0 Å². The van der Waals surface area contributed by atoms with Gasteiger partial charge in [0, 0.05) is 29.9 Å². The number of amidine groups is 1. The van der Waals surface area contributed by atoms with Crippen molar-refractivity contribution in [3.8, 4) is 0 Å². The Labute approximate surface area is 176 Å². The number of anilines is 1. The molecule has 2 aromatic carbocycles. The summed E-state index contributed by atoms with van der Waals surface area (Å²) < 4.78 is 28.1. The molecule has 1 unspecified atom stereocenters. The monoisotopic (exact) mass is 434 g/mol. The maximum atomic E-state index is 12.7. The molecule has 1 fully saturated rings. The summed E-state index contributed by atoms with van der Waals surface area (Å²) >= 11 is 0. The van der Waals surface area contributed by atoms with E-state index >= 15 is 0 Å². The van der Waals surface area contributed by atoms with E-state index in [1.54, 1.807) is 42.5 Å². The first-order chi connectivity index (χ1) is 13.3. The summed E-state index contributed by atoms with van der Waals surface area (Å²) in [6, 6.07) is 13.7. The molecule has 0 aliphatic carbocycles. The first-order valence-corrected chi connectivity index (χ1v) is 10.6. The Morgan fingerprint density at radius 2 is 1.90 bits per heavy atom. The number of carbonyl (C=O) groups is 1. The zero-order valence-corrected chi connectivity index (χ0v) is 17.6. The number of hydrogen-bond acceptors (Lipinski definition) is 5. The first-order valence-electron chi connectivity index (χ1n) is 9.12. The lowest BCUT2D eigenvalue weighted by molar-refractivity contribution is 0.0777. The number of nitrogens with zero attached hydrogens (tertiary/aromatic N) is 2. The molecule has 2 heterocycles. The van der Waals surface area contributed by atoms with Crippen molar-refractivity contribution in [2.75, 3.05) is 25.0 Å². The summed E-state index contributed by atoms with van der Waals surface area (Å²) in [5.74, 6) is 0.266. The molecule has 0 aromatic heterocycles. The van der Waals surface area contributed by atoms with Gasteiger partial charge in [-0.1, -0.05) is 19.1 Å². The van der Waals surface area contributed by atoms with Gasteiger partial charge in [-0.05, 0) is 54.8 Å². The molecule has 0 radical (unpaired) electrons. The minimum atomic E-state index is -3.67. The zero-order valence-electron chi connectivity index (χ0n) is 16.0. The number of nitrogens with one attached hydrogen (secondary N) is 1. The number of halogens is 1. The molecule has 0 spiro atoms. The number of benzene rings is 2. The summed E-state index contributed by atoms with van der Waals surface area (Å²) in [6.07, 6.45) is 0.905. The molecule has 0 saturated carbocycles. The summed E-state index contributed by atoms with van der Waals surface area (Å²) in [6.45, 7) is 4.03. The van der Waals surface area contributed by atoms with Gasteiger partial charge in [0.25, 0.3) is 15.9 Å². The number of likely N-dealkylation sites (tertiary alicyclic amines) is 1. The highest BCUT2D eigenvalue weighted by atomic mass is 35.5.